The number of morpholine rings is 1. The smallest absolute Gasteiger partial charge is 0.252 e. The summed E-state index contributed by atoms with van der Waals surface area (Å²) in [5.41, 5.74) is 5.56. The van der Waals surface area contributed by atoms with Gasteiger partial charge in [0.2, 0.25) is 0 Å². The molecule has 5 nitrogen and oxygen atoms in total. The third-order valence-electron chi connectivity index (χ3n) is 3.63. The number of rotatable bonds is 3. The van der Waals surface area contributed by atoms with Crippen LogP contribution in [0.15, 0.2) is 0 Å². The fourth-order valence-corrected chi connectivity index (χ4v) is 2.53. The number of amides is 1. The van der Waals surface area contributed by atoms with Gasteiger partial charge in [-0.2, -0.15) is 0 Å². The third-order valence-corrected chi connectivity index (χ3v) is 3.63. The maximum Gasteiger partial charge on any atom is 0.252 e. The molecule has 17 heavy (non-hydrogen) atoms. The minimum atomic E-state index is -0.282. The molecule has 0 radical (unpaired) electrons. The summed E-state index contributed by atoms with van der Waals surface area (Å²) in [6.45, 7) is 4.55. The molecule has 2 heterocycles. The normalized spacial score (nSPS) is 34.0. The van der Waals surface area contributed by atoms with Gasteiger partial charge >= 0.3 is 0 Å². The molecule has 0 spiro atoms. The Bertz CT molecular complexity index is 272. The van der Waals surface area contributed by atoms with Crippen molar-refractivity contribution in [1.29, 1.82) is 0 Å². The predicted molar refractivity (Wildman–Crippen MR) is 63.6 cm³/mol. The zero-order chi connectivity index (χ0) is 12.3. The molecule has 0 saturated carbocycles. The number of carbonyl (C=O) groups excluding carboxylic acids is 1. The van der Waals surface area contributed by atoms with Gasteiger partial charge in [-0.05, 0) is 19.3 Å². The maximum atomic E-state index is 12.3. The van der Waals surface area contributed by atoms with Gasteiger partial charge in [0.15, 0.2) is 0 Å². The highest BCUT2D eigenvalue weighted by Crippen LogP contribution is 2.23. The molecule has 0 aromatic rings. The second-order valence-corrected chi connectivity index (χ2v) is 4.73. The molecule has 3 atom stereocenters. The summed E-state index contributed by atoms with van der Waals surface area (Å²) in [4.78, 5) is 14.3. The van der Waals surface area contributed by atoms with Crippen molar-refractivity contribution in [2.45, 2.75) is 44.4 Å². The number of nitrogens with zero attached hydrogens (tertiary/aromatic N) is 1. The van der Waals surface area contributed by atoms with E-state index in [0.29, 0.717) is 26.3 Å². The topological polar surface area (TPSA) is 64.8 Å². The summed E-state index contributed by atoms with van der Waals surface area (Å²) < 4.78 is 11.1. The number of nitrogens with two attached hydrogens (primary N) is 1. The van der Waals surface area contributed by atoms with Gasteiger partial charge in [0.1, 0.15) is 6.10 Å². The second kappa shape index (κ2) is 5.80. The van der Waals surface area contributed by atoms with Gasteiger partial charge in [-0.15, -0.1) is 0 Å². The summed E-state index contributed by atoms with van der Waals surface area (Å²) in [5.74, 6) is 0.121. The largest absolute Gasteiger partial charge is 0.377 e. The van der Waals surface area contributed by atoms with Crippen LogP contribution in [0.1, 0.15) is 26.2 Å². The van der Waals surface area contributed by atoms with Crippen molar-refractivity contribution < 1.29 is 14.3 Å². The first-order chi connectivity index (χ1) is 8.26. The number of carbonyl (C=O) groups is 1. The van der Waals surface area contributed by atoms with Crippen LogP contribution in [-0.4, -0.2) is 55.4 Å². The first-order valence-electron chi connectivity index (χ1n) is 6.50. The summed E-state index contributed by atoms with van der Waals surface area (Å²) in [6.07, 6.45) is 2.40. The lowest BCUT2D eigenvalue weighted by Gasteiger charge is -2.36. The zero-order valence-corrected chi connectivity index (χ0v) is 10.4. The highest BCUT2D eigenvalue weighted by molar-refractivity contribution is 5.81. The van der Waals surface area contributed by atoms with E-state index in [2.05, 4.69) is 6.92 Å². The Morgan fingerprint density at radius 3 is 2.94 bits per heavy atom. The molecule has 2 aliphatic rings. The van der Waals surface area contributed by atoms with Gasteiger partial charge in [-0.25, -0.2) is 0 Å². The summed E-state index contributed by atoms with van der Waals surface area (Å²) in [5, 5.41) is 0. The molecule has 0 bridgehead atoms. The Balaban J connectivity index is 1.94. The van der Waals surface area contributed by atoms with Crippen LogP contribution in [0, 0.1) is 0 Å². The van der Waals surface area contributed by atoms with E-state index in [9.17, 15) is 4.79 Å². The quantitative estimate of drug-likeness (QED) is 0.764. The van der Waals surface area contributed by atoms with E-state index in [1.807, 2.05) is 4.90 Å². The Hall–Kier alpha value is -0.650. The first kappa shape index (κ1) is 12.8. The third kappa shape index (κ3) is 2.78. The Kier molecular flexibility index (Phi) is 4.36. The molecule has 2 aliphatic heterocycles. The van der Waals surface area contributed by atoms with Crippen molar-refractivity contribution in [2.75, 3.05) is 26.3 Å². The molecule has 1 amide bonds. The van der Waals surface area contributed by atoms with E-state index in [-0.39, 0.29) is 24.2 Å². The SMILES string of the molecule is CCC1COCCN1C(=O)C1CCC(CN)O1. The van der Waals surface area contributed by atoms with E-state index >= 15 is 0 Å². The number of hydrogen-bond donors (Lipinski definition) is 1. The van der Waals surface area contributed by atoms with Crippen LogP contribution in [0.5, 0.6) is 0 Å². The van der Waals surface area contributed by atoms with Gasteiger partial charge in [-0.1, -0.05) is 6.92 Å². The molecule has 0 aliphatic carbocycles. The van der Waals surface area contributed by atoms with Gasteiger partial charge in [0.05, 0.1) is 25.4 Å². The van der Waals surface area contributed by atoms with Crippen molar-refractivity contribution >= 4 is 5.91 Å². The van der Waals surface area contributed by atoms with Crippen molar-refractivity contribution in [3.8, 4) is 0 Å². The van der Waals surface area contributed by atoms with Crippen molar-refractivity contribution in [2.24, 2.45) is 5.73 Å². The lowest BCUT2D eigenvalue weighted by Crippen LogP contribution is -2.51. The van der Waals surface area contributed by atoms with Crippen molar-refractivity contribution in [3.63, 3.8) is 0 Å². The van der Waals surface area contributed by atoms with Gasteiger partial charge in [0, 0.05) is 13.1 Å². The molecule has 2 saturated heterocycles. The van der Waals surface area contributed by atoms with E-state index in [1.165, 1.54) is 0 Å². The van der Waals surface area contributed by atoms with E-state index < -0.39 is 0 Å². The van der Waals surface area contributed by atoms with Crippen molar-refractivity contribution in [3.05, 3.63) is 0 Å². The highest BCUT2D eigenvalue weighted by Gasteiger charge is 2.36. The average molecular weight is 242 g/mol. The molecule has 0 aromatic carbocycles. The van der Waals surface area contributed by atoms with Crippen LogP contribution in [0.4, 0.5) is 0 Å². The fourth-order valence-electron chi connectivity index (χ4n) is 2.53. The molecule has 2 N–H and O–H groups in total. The Morgan fingerprint density at radius 1 is 1.47 bits per heavy atom. The van der Waals surface area contributed by atoms with Crippen LogP contribution < -0.4 is 5.73 Å². The molecule has 2 fully saturated rings. The Labute approximate surface area is 102 Å². The van der Waals surface area contributed by atoms with Crippen LogP contribution in [0.2, 0.25) is 0 Å². The summed E-state index contributed by atoms with van der Waals surface area (Å²) in [7, 11) is 0. The Morgan fingerprint density at radius 2 is 2.29 bits per heavy atom. The van der Waals surface area contributed by atoms with Crippen LogP contribution in [-0.2, 0) is 14.3 Å². The molecular formula is C12H22N2O3. The average Bonchev–Trinajstić information content (AvgIpc) is 2.86. The number of ether oxygens (including phenoxy) is 2. The molecule has 5 heteroatoms. The minimum Gasteiger partial charge on any atom is -0.377 e. The minimum absolute atomic E-state index is 0.0602. The fraction of sp³-hybridized carbons (Fsp3) is 0.917. The molecule has 2 rings (SSSR count). The number of hydrogen-bond acceptors (Lipinski definition) is 4. The first-order valence-corrected chi connectivity index (χ1v) is 6.50. The molecular weight excluding hydrogens is 220 g/mol. The maximum absolute atomic E-state index is 12.3. The van der Waals surface area contributed by atoms with E-state index in [4.69, 9.17) is 15.2 Å². The molecule has 98 valence electrons. The summed E-state index contributed by atoms with van der Waals surface area (Å²) in [6, 6.07) is 0.205. The zero-order valence-electron chi connectivity index (χ0n) is 10.4. The standard InChI is InChI=1S/C12H22N2O3/c1-2-9-8-16-6-5-14(9)12(15)11-4-3-10(7-13)17-11/h9-11H,2-8,13H2,1H3. The van der Waals surface area contributed by atoms with Crippen LogP contribution in [0.3, 0.4) is 0 Å². The molecule has 3 unspecified atom stereocenters. The van der Waals surface area contributed by atoms with Gasteiger partial charge < -0.3 is 20.1 Å². The monoisotopic (exact) mass is 242 g/mol. The van der Waals surface area contributed by atoms with Gasteiger partial charge in [-0.3, -0.25) is 4.79 Å². The van der Waals surface area contributed by atoms with Crippen LogP contribution in [0.25, 0.3) is 0 Å². The van der Waals surface area contributed by atoms with Crippen molar-refractivity contribution in [1.82, 2.24) is 4.90 Å². The van der Waals surface area contributed by atoms with E-state index in [1.54, 1.807) is 0 Å². The molecule has 0 aromatic heterocycles. The predicted octanol–water partition coefficient (Wildman–Crippen LogP) is 0.130. The lowest BCUT2D eigenvalue weighted by atomic mass is 10.1. The van der Waals surface area contributed by atoms with Crippen LogP contribution >= 0.6 is 0 Å². The van der Waals surface area contributed by atoms with E-state index in [0.717, 1.165) is 19.3 Å². The lowest BCUT2D eigenvalue weighted by molar-refractivity contribution is -0.151. The van der Waals surface area contributed by atoms with Gasteiger partial charge in [0.25, 0.3) is 5.91 Å². The summed E-state index contributed by atoms with van der Waals surface area (Å²) >= 11 is 0. The highest BCUT2D eigenvalue weighted by atomic mass is 16.5. The second-order valence-electron chi connectivity index (χ2n) is 4.73.